The second kappa shape index (κ2) is 9.94. The summed E-state index contributed by atoms with van der Waals surface area (Å²) in [4.78, 5) is 34.4. The number of Topliss-reactive ketones (excluding diaryl/α,β-unsaturated/α-hetero) is 1. The van der Waals surface area contributed by atoms with Crippen LogP contribution < -0.4 is 34.3 Å². The number of nitrogens with one attached hydrogen (secondary N) is 1. The fraction of sp³-hybridized carbons (Fsp3) is 0.269. The summed E-state index contributed by atoms with van der Waals surface area (Å²) in [6.45, 7) is 2.97. The van der Waals surface area contributed by atoms with E-state index in [9.17, 15) is 9.59 Å². The number of ketones is 1. The first-order valence-electron chi connectivity index (χ1n) is 12.3. The Morgan fingerprint density at radius 3 is 2.77 bits per heavy atom. The van der Waals surface area contributed by atoms with Crippen LogP contribution in [-0.2, 0) is 0 Å². The molecule has 13 heteroatoms. The van der Waals surface area contributed by atoms with Gasteiger partial charge in [-0.15, -0.1) is 21.5 Å². The predicted octanol–water partition coefficient (Wildman–Crippen LogP) is 0.727. The van der Waals surface area contributed by atoms with E-state index in [1.807, 2.05) is 42.2 Å². The Kier molecular flexibility index (Phi) is 6.58. The zero-order valence-electron chi connectivity index (χ0n) is 22.4. The Morgan fingerprint density at radius 1 is 1.18 bits per heavy atom. The molecular formula is C26H23N8NaO3S. The fourth-order valence-corrected chi connectivity index (χ4v) is 6.40. The summed E-state index contributed by atoms with van der Waals surface area (Å²) in [6, 6.07) is 13.0. The number of aryl methyl sites for hydroxylation is 1. The molecule has 0 aliphatic carbocycles. The first kappa shape index (κ1) is 25.8. The number of tetrazole rings is 1. The molecule has 1 saturated heterocycles. The Bertz CT molecular complexity index is 1700. The number of H-pyrrole nitrogens is 1. The number of likely N-dealkylation sites (tertiary alicyclic amines) is 1. The van der Waals surface area contributed by atoms with Gasteiger partial charge in [0, 0.05) is 43.1 Å². The second-order valence-electron chi connectivity index (χ2n) is 9.64. The molecule has 0 bridgehead atoms. The van der Waals surface area contributed by atoms with Gasteiger partial charge in [-0.2, -0.15) is 10.3 Å². The van der Waals surface area contributed by atoms with Crippen molar-refractivity contribution in [3.8, 4) is 23.0 Å². The average molecular weight is 551 g/mol. The minimum atomic E-state index is -0.606. The number of hydrogen-bond donors (Lipinski definition) is 1. The fourth-order valence-electron chi connectivity index (χ4n) is 5.26. The van der Waals surface area contributed by atoms with E-state index in [-0.39, 0.29) is 49.1 Å². The maximum absolute atomic E-state index is 13.5. The third-order valence-corrected chi connectivity index (χ3v) is 8.37. The van der Waals surface area contributed by atoms with Gasteiger partial charge in [0.1, 0.15) is 16.2 Å². The number of aromatic amines is 1. The van der Waals surface area contributed by atoms with Gasteiger partial charge in [0.2, 0.25) is 5.82 Å². The maximum Gasteiger partial charge on any atom is 1.00 e. The molecule has 1 spiro atoms. The van der Waals surface area contributed by atoms with Crippen molar-refractivity contribution < 1.29 is 45.3 Å². The number of carbonyl (C=O) groups excluding carboxylic acids is 2. The van der Waals surface area contributed by atoms with E-state index in [1.165, 1.54) is 11.3 Å². The molecule has 6 heterocycles. The molecule has 192 valence electrons. The van der Waals surface area contributed by atoms with Gasteiger partial charge in [-0.3, -0.25) is 9.59 Å². The first-order valence-corrected chi connectivity index (χ1v) is 13.1. The number of hydrogen-bond acceptors (Lipinski definition) is 9. The van der Waals surface area contributed by atoms with Crippen molar-refractivity contribution in [3.05, 3.63) is 64.8 Å². The molecule has 1 N–H and O–H groups in total. The third kappa shape index (κ3) is 4.46. The number of carbonyl (C=O) groups is 2. The summed E-state index contributed by atoms with van der Waals surface area (Å²) in [5.74, 6) is 1.72. The van der Waals surface area contributed by atoms with Crippen LogP contribution in [0.25, 0.3) is 27.4 Å². The third-order valence-electron chi connectivity index (χ3n) is 7.28. The van der Waals surface area contributed by atoms with E-state index in [0.717, 1.165) is 21.7 Å². The zero-order valence-corrected chi connectivity index (χ0v) is 24.2. The number of pyridine rings is 1. The zero-order chi connectivity index (χ0) is 25.9. The topological polar surface area (TPSA) is 132 Å². The van der Waals surface area contributed by atoms with Gasteiger partial charge in [0.25, 0.3) is 5.91 Å². The van der Waals surface area contributed by atoms with Gasteiger partial charge in [0.05, 0.1) is 22.6 Å². The van der Waals surface area contributed by atoms with Crippen molar-refractivity contribution >= 4 is 33.2 Å². The molecule has 1 fully saturated rings. The first-order chi connectivity index (χ1) is 18.5. The molecule has 11 nitrogen and oxygen atoms in total. The Balaban J connectivity index is 0.00000161. The standard InChI is InChI=1S/C26H22N8O3S.Na.H/c1-15-17-13-21(38-25(17)34(30-15)22-4-2-3-9-27-22)24(36)33-10-7-26(8-11-33)14-19(35)18-12-16(5-6-20(18)37-26)23-28-31-32-29-23;;/h2-6,9,12-13H,7-8,10-11,14H2,1H3,(H,28,29,31,32);;/q;+1;-1. The number of piperidine rings is 1. The van der Waals surface area contributed by atoms with Crippen LogP contribution in [0.2, 0.25) is 0 Å². The van der Waals surface area contributed by atoms with Crippen LogP contribution in [0, 0.1) is 6.92 Å². The van der Waals surface area contributed by atoms with E-state index in [1.54, 1.807) is 23.0 Å². The van der Waals surface area contributed by atoms with Crippen LogP contribution >= 0.6 is 11.3 Å². The number of aromatic nitrogens is 7. The van der Waals surface area contributed by atoms with Crippen molar-refractivity contribution in [2.45, 2.75) is 31.8 Å². The normalized spacial score (nSPS) is 16.1. The van der Waals surface area contributed by atoms with Gasteiger partial charge >= 0.3 is 29.6 Å². The smallest absolute Gasteiger partial charge is 1.00 e. The molecule has 1 aromatic carbocycles. The van der Waals surface area contributed by atoms with Crippen molar-refractivity contribution in [2.24, 2.45) is 0 Å². The van der Waals surface area contributed by atoms with E-state index < -0.39 is 5.60 Å². The Hall–Kier alpha value is -3.45. The van der Waals surface area contributed by atoms with E-state index in [2.05, 4.69) is 30.7 Å². The SMILES string of the molecule is Cc1nn(-c2ccccn2)c2sc(C(=O)N3CCC4(CC3)CC(=O)c3cc(-c5nn[nH]n5)ccc3O4)cc12.[H-].[Na+]. The van der Waals surface area contributed by atoms with Crippen LogP contribution in [0.4, 0.5) is 0 Å². The number of ether oxygens (including phenoxy) is 1. The van der Waals surface area contributed by atoms with Crippen LogP contribution in [0.3, 0.4) is 0 Å². The van der Waals surface area contributed by atoms with Gasteiger partial charge in [-0.25, -0.2) is 9.67 Å². The summed E-state index contributed by atoms with van der Waals surface area (Å²) >= 11 is 1.43. The molecule has 7 rings (SSSR count). The summed E-state index contributed by atoms with van der Waals surface area (Å²) in [6.07, 6.45) is 3.18. The van der Waals surface area contributed by atoms with Crippen molar-refractivity contribution in [3.63, 3.8) is 0 Å². The van der Waals surface area contributed by atoms with Gasteiger partial charge in [0.15, 0.2) is 11.6 Å². The number of fused-ring (bicyclic) bond motifs is 2. The van der Waals surface area contributed by atoms with E-state index >= 15 is 0 Å². The molecule has 5 aromatic rings. The molecule has 1 amide bonds. The maximum atomic E-state index is 13.5. The van der Waals surface area contributed by atoms with Gasteiger partial charge < -0.3 is 11.1 Å². The molecule has 0 saturated carbocycles. The number of rotatable bonds is 3. The van der Waals surface area contributed by atoms with Crippen LogP contribution in [0.5, 0.6) is 5.75 Å². The Labute approximate surface area is 250 Å². The summed E-state index contributed by atoms with van der Waals surface area (Å²) in [5, 5.41) is 19.5. The summed E-state index contributed by atoms with van der Waals surface area (Å²) < 4.78 is 8.21. The number of thiophene rings is 1. The van der Waals surface area contributed by atoms with Gasteiger partial charge in [-0.1, -0.05) is 6.07 Å². The molecule has 0 unspecified atom stereocenters. The molecule has 4 aromatic heterocycles. The number of amides is 1. The van der Waals surface area contributed by atoms with E-state index in [4.69, 9.17) is 4.74 Å². The predicted molar refractivity (Wildman–Crippen MR) is 140 cm³/mol. The number of nitrogens with zero attached hydrogens (tertiary/aromatic N) is 7. The molecule has 2 aliphatic heterocycles. The molecule has 2 aliphatic rings. The van der Waals surface area contributed by atoms with Crippen LogP contribution in [-0.4, -0.2) is 70.7 Å². The molecule has 0 radical (unpaired) electrons. The van der Waals surface area contributed by atoms with Crippen molar-refractivity contribution in [1.29, 1.82) is 0 Å². The monoisotopic (exact) mass is 550 g/mol. The summed E-state index contributed by atoms with van der Waals surface area (Å²) in [5.41, 5.74) is 1.48. The minimum absolute atomic E-state index is 0. The van der Waals surface area contributed by atoms with E-state index in [0.29, 0.717) is 53.5 Å². The quantitative estimate of drug-likeness (QED) is 0.325. The van der Waals surface area contributed by atoms with Crippen molar-refractivity contribution in [1.82, 2.24) is 40.3 Å². The van der Waals surface area contributed by atoms with Crippen molar-refractivity contribution in [2.75, 3.05) is 13.1 Å². The molecular weight excluding hydrogens is 527 g/mol. The largest absolute Gasteiger partial charge is 1.00 e. The average Bonchev–Trinajstić information content (AvgIpc) is 3.68. The Morgan fingerprint density at radius 2 is 2.03 bits per heavy atom. The van der Waals surface area contributed by atoms with Crippen LogP contribution in [0.1, 0.15) is 46.4 Å². The molecule has 0 atom stereocenters. The summed E-state index contributed by atoms with van der Waals surface area (Å²) in [7, 11) is 0. The number of benzene rings is 1. The van der Waals surface area contributed by atoms with Crippen LogP contribution in [0.15, 0.2) is 48.7 Å². The molecule has 39 heavy (non-hydrogen) atoms. The van der Waals surface area contributed by atoms with Gasteiger partial charge in [-0.05, 0) is 48.5 Å². The minimum Gasteiger partial charge on any atom is -1.00 e. The second-order valence-corrected chi connectivity index (χ2v) is 10.7.